The molecule has 0 saturated carbocycles. The molecule has 1 aromatic carbocycles. The molecule has 112 valence electrons. The number of nitrogens with two attached hydrogens (primary N) is 1. The van der Waals surface area contributed by atoms with Gasteiger partial charge in [-0.1, -0.05) is 41.9 Å². The fourth-order valence-electron chi connectivity index (χ4n) is 2.02. The van der Waals surface area contributed by atoms with E-state index in [2.05, 4.69) is 47.2 Å². The summed E-state index contributed by atoms with van der Waals surface area (Å²) in [5, 5.41) is 2.94. The fourth-order valence-corrected chi connectivity index (χ4v) is 2.42. The predicted molar refractivity (Wildman–Crippen MR) is 86.1 cm³/mol. The summed E-state index contributed by atoms with van der Waals surface area (Å²) in [4.78, 5) is 12.1. The van der Waals surface area contributed by atoms with Crippen molar-refractivity contribution < 1.29 is 9.21 Å². The number of carbonyl (C=O) groups is 1. The van der Waals surface area contributed by atoms with Crippen molar-refractivity contribution in [2.75, 3.05) is 6.54 Å². The van der Waals surface area contributed by atoms with E-state index in [0.717, 1.165) is 10.0 Å². The maximum absolute atomic E-state index is 12.1. The van der Waals surface area contributed by atoms with Crippen LogP contribution in [0.2, 0.25) is 0 Å². The SMILES string of the molecule is CC(C)(CNC(=O)c1coc(CN)c1)c1cccc(Br)c1. The Balaban J connectivity index is 2.02. The van der Waals surface area contributed by atoms with Gasteiger partial charge in [-0.15, -0.1) is 0 Å². The molecule has 0 saturated heterocycles. The number of rotatable bonds is 5. The van der Waals surface area contributed by atoms with Crippen molar-refractivity contribution in [3.8, 4) is 0 Å². The van der Waals surface area contributed by atoms with Gasteiger partial charge < -0.3 is 15.5 Å². The zero-order valence-corrected chi connectivity index (χ0v) is 13.7. The summed E-state index contributed by atoms with van der Waals surface area (Å²) in [6.07, 6.45) is 1.43. The van der Waals surface area contributed by atoms with Crippen molar-refractivity contribution in [3.05, 3.63) is 58.0 Å². The highest BCUT2D eigenvalue weighted by atomic mass is 79.9. The van der Waals surface area contributed by atoms with Crippen LogP contribution < -0.4 is 11.1 Å². The number of hydrogen-bond acceptors (Lipinski definition) is 3. The van der Waals surface area contributed by atoms with Crippen LogP contribution in [0.4, 0.5) is 0 Å². The highest BCUT2D eigenvalue weighted by molar-refractivity contribution is 9.10. The van der Waals surface area contributed by atoms with Crippen LogP contribution in [-0.2, 0) is 12.0 Å². The van der Waals surface area contributed by atoms with Crippen molar-refractivity contribution in [2.24, 2.45) is 5.73 Å². The molecule has 3 N–H and O–H groups in total. The largest absolute Gasteiger partial charge is 0.467 e. The number of amides is 1. The molecule has 1 heterocycles. The second kappa shape index (κ2) is 6.45. The molecular weight excluding hydrogens is 332 g/mol. The normalized spacial score (nSPS) is 11.4. The van der Waals surface area contributed by atoms with E-state index in [-0.39, 0.29) is 17.9 Å². The molecule has 0 fully saturated rings. The summed E-state index contributed by atoms with van der Waals surface area (Å²) in [5.74, 6) is 0.452. The van der Waals surface area contributed by atoms with Crippen molar-refractivity contribution in [2.45, 2.75) is 25.8 Å². The second-order valence-electron chi connectivity index (χ2n) is 5.58. The van der Waals surface area contributed by atoms with Crippen molar-refractivity contribution in [3.63, 3.8) is 0 Å². The zero-order chi connectivity index (χ0) is 15.5. The Hall–Kier alpha value is -1.59. The Labute approximate surface area is 132 Å². The van der Waals surface area contributed by atoms with Crippen LogP contribution in [0.5, 0.6) is 0 Å². The van der Waals surface area contributed by atoms with E-state index in [1.807, 2.05) is 12.1 Å². The monoisotopic (exact) mass is 350 g/mol. The predicted octanol–water partition coefficient (Wildman–Crippen LogP) is 3.21. The lowest BCUT2D eigenvalue weighted by atomic mass is 9.84. The number of benzene rings is 1. The minimum atomic E-state index is -0.167. The van der Waals surface area contributed by atoms with Gasteiger partial charge in [0.1, 0.15) is 12.0 Å². The zero-order valence-electron chi connectivity index (χ0n) is 12.2. The molecule has 0 aliphatic rings. The molecule has 0 aliphatic heterocycles. The van der Waals surface area contributed by atoms with Crippen molar-refractivity contribution in [1.82, 2.24) is 5.32 Å². The van der Waals surface area contributed by atoms with Crippen molar-refractivity contribution in [1.29, 1.82) is 0 Å². The summed E-state index contributed by atoms with van der Waals surface area (Å²) in [5.41, 5.74) is 6.96. The lowest BCUT2D eigenvalue weighted by Crippen LogP contribution is -2.36. The quantitative estimate of drug-likeness (QED) is 0.869. The van der Waals surface area contributed by atoms with E-state index in [1.165, 1.54) is 6.26 Å². The Morgan fingerprint density at radius 3 is 2.76 bits per heavy atom. The van der Waals surface area contributed by atoms with E-state index < -0.39 is 0 Å². The third kappa shape index (κ3) is 3.95. The molecule has 0 radical (unpaired) electrons. The van der Waals surface area contributed by atoms with Gasteiger partial charge in [0.15, 0.2) is 0 Å². The fraction of sp³-hybridized carbons (Fsp3) is 0.312. The first kappa shape index (κ1) is 15.8. The average molecular weight is 351 g/mol. The number of nitrogens with one attached hydrogen (secondary N) is 1. The topological polar surface area (TPSA) is 68.3 Å². The average Bonchev–Trinajstić information content (AvgIpc) is 2.94. The van der Waals surface area contributed by atoms with Crippen molar-refractivity contribution >= 4 is 21.8 Å². The maximum Gasteiger partial charge on any atom is 0.254 e. The Morgan fingerprint density at radius 1 is 1.38 bits per heavy atom. The number of furan rings is 1. The first-order chi connectivity index (χ1) is 9.92. The number of hydrogen-bond donors (Lipinski definition) is 2. The standard InChI is InChI=1S/C16H19BrN2O2/c1-16(2,12-4-3-5-13(17)7-12)10-19-15(20)11-6-14(8-18)21-9-11/h3-7,9H,8,10,18H2,1-2H3,(H,19,20). The molecule has 2 rings (SSSR count). The lowest BCUT2D eigenvalue weighted by molar-refractivity contribution is 0.0945. The van der Waals surface area contributed by atoms with Gasteiger partial charge in [0.25, 0.3) is 5.91 Å². The van der Waals surface area contributed by atoms with Gasteiger partial charge in [0.2, 0.25) is 0 Å². The molecule has 0 atom stereocenters. The smallest absolute Gasteiger partial charge is 0.254 e. The third-order valence-electron chi connectivity index (χ3n) is 3.41. The Kier molecular flexibility index (Phi) is 4.85. The van der Waals surface area contributed by atoms with Gasteiger partial charge >= 0.3 is 0 Å². The molecule has 1 amide bonds. The lowest BCUT2D eigenvalue weighted by Gasteiger charge is -2.25. The van der Waals surface area contributed by atoms with E-state index in [1.54, 1.807) is 6.07 Å². The molecule has 21 heavy (non-hydrogen) atoms. The summed E-state index contributed by atoms with van der Waals surface area (Å²) in [6, 6.07) is 9.77. The maximum atomic E-state index is 12.1. The number of carbonyl (C=O) groups excluding carboxylic acids is 1. The highest BCUT2D eigenvalue weighted by Gasteiger charge is 2.22. The Morgan fingerprint density at radius 2 is 2.14 bits per heavy atom. The van der Waals surface area contributed by atoms with Gasteiger partial charge in [-0.2, -0.15) is 0 Å². The first-order valence-corrected chi connectivity index (χ1v) is 7.53. The van der Waals surface area contributed by atoms with Gasteiger partial charge in [-0.25, -0.2) is 0 Å². The molecule has 0 bridgehead atoms. The molecule has 0 spiro atoms. The van der Waals surface area contributed by atoms with Crippen LogP contribution in [0.3, 0.4) is 0 Å². The molecule has 2 aromatic rings. The summed E-state index contributed by atoms with van der Waals surface area (Å²) in [6.45, 7) is 5.01. The molecule has 0 aliphatic carbocycles. The van der Waals surface area contributed by atoms with Crippen LogP contribution in [0, 0.1) is 0 Å². The number of halogens is 1. The van der Waals surface area contributed by atoms with Crippen LogP contribution in [0.25, 0.3) is 0 Å². The molecule has 0 unspecified atom stereocenters. The molecule has 4 nitrogen and oxygen atoms in total. The minimum absolute atomic E-state index is 0.151. The summed E-state index contributed by atoms with van der Waals surface area (Å²) in [7, 11) is 0. The highest BCUT2D eigenvalue weighted by Crippen LogP contribution is 2.25. The van der Waals surface area contributed by atoms with Crippen LogP contribution in [0.1, 0.15) is 35.5 Å². The Bertz CT molecular complexity index is 635. The van der Waals surface area contributed by atoms with E-state index in [9.17, 15) is 4.79 Å². The van der Waals surface area contributed by atoms with Gasteiger partial charge in [0, 0.05) is 16.4 Å². The first-order valence-electron chi connectivity index (χ1n) is 6.74. The van der Waals surface area contributed by atoms with Gasteiger partial charge in [-0.05, 0) is 23.8 Å². The van der Waals surface area contributed by atoms with Crippen LogP contribution >= 0.6 is 15.9 Å². The van der Waals surface area contributed by atoms with E-state index in [0.29, 0.717) is 17.9 Å². The van der Waals surface area contributed by atoms with E-state index >= 15 is 0 Å². The van der Waals surface area contributed by atoms with E-state index in [4.69, 9.17) is 10.2 Å². The third-order valence-corrected chi connectivity index (χ3v) is 3.91. The molecule has 1 aromatic heterocycles. The van der Waals surface area contributed by atoms with Gasteiger partial charge in [-0.3, -0.25) is 4.79 Å². The summed E-state index contributed by atoms with van der Waals surface area (Å²) < 4.78 is 6.20. The molecule has 5 heteroatoms. The molecular formula is C16H19BrN2O2. The van der Waals surface area contributed by atoms with Crippen LogP contribution in [-0.4, -0.2) is 12.5 Å². The minimum Gasteiger partial charge on any atom is -0.467 e. The van der Waals surface area contributed by atoms with Gasteiger partial charge in [0.05, 0.1) is 12.1 Å². The second-order valence-corrected chi connectivity index (χ2v) is 6.50. The van der Waals surface area contributed by atoms with Crippen LogP contribution in [0.15, 0.2) is 45.5 Å². The summed E-state index contributed by atoms with van der Waals surface area (Å²) >= 11 is 3.47.